The standard InChI is InChI=1S/C22H21N3O4/c1-14-7-8-19(11-15(14)2)25-22(28)10-9-21(24-25)29-13-20(27)23-18-6-4-5-17(12-18)16(3)26/h4-12H,13H2,1-3H3,(H,23,27). The zero-order valence-corrected chi connectivity index (χ0v) is 16.4. The van der Waals surface area contributed by atoms with Gasteiger partial charge in [-0.2, -0.15) is 4.68 Å². The maximum atomic E-state index is 12.2. The summed E-state index contributed by atoms with van der Waals surface area (Å²) in [6.07, 6.45) is 0. The average molecular weight is 391 g/mol. The number of Topliss-reactive ketones (excluding diaryl/α,β-unsaturated/α-hetero) is 1. The van der Waals surface area contributed by atoms with Crippen molar-refractivity contribution in [3.8, 4) is 11.6 Å². The molecule has 0 saturated heterocycles. The van der Waals surface area contributed by atoms with Crippen LogP contribution in [0.15, 0.2) is 59.4 Å². The highest BCUT2D eigenvalue weighted by atomic mass is 16.5. The lowest BCUT2D eigenvalue weighted by molar-refractivity contribution is -0.118. The third-order valence-electron chi connectivity index (χ3n) is 4.41. The van der Waals surface area contributed by atoms with Crippen LogP contribution in [0.1, 0.15) is 28.4 Å². The molecule has 3 rings (SSSR count). The molecule has 3 aromatic rings. The summed E-state index contributed by atoms with van der Waals surface area (Å²) in [7, 11) is 0. The van der Waals surface area contributed by atoms with Crippen molar-refractivity contribution in [2.45, 2.75) is 20.8 Å². The van der Waals surface area contributed by atoms with Crippen molar-refractivity contribution < 1.29 is 14.3 Å². The lowest BCUT2D eigenvalue weighted by Gasteiger charge is -2.10. The number of aromatic nitrogens is 2. The SMILES string of the molecule is CC(=O)c1cccc(NC(=O)COc2ccc(=O)n(-c3ccc(C)c(C)c3)n2)c1. The summed E-state index contributed by atoms with van der Waals surface area (Å²) >= 11 is 0. The van der Waals surface area contributed by atoms with Crippen LogP contribution in [0.25, 0.3) is 5.69 Å². The Kier molecular flexibility index (Phi) is 5.87. The quantitative estimate of drug-likeness (QED) is 0.652. The third kappa shape index (κ3) is 4.95. The number of ether oxygens (including phenoxy) is 1. The Morgan fingerprint density at radius 1 is 1.03 bits per heavy atom. The number of amides is 1. The monoisotopic (exact) mass is 391 g/mol. The molecule has 0 unspecified atom stereocenters. The van der Waals surface area contributed by atoms with Gasteiger partial charge in [-0.15, -0.1) is 5.10 Å². The number of rotatable bonds is 6. The van der Waals surface area contributed by atoms with Crippen LogP contribution >= 0.6 is 0 Å². The number of hydrogen-bond acceptors (Lipinski definition) is 5. The number of aryl methyl sites for hydroxylation is 2. The predicted octanol–water partition coefficient (Wildman–Crippen LogP) is 3.07. The summed E-state index contributed by atoms with van der Waals surface area (Å²) < 4.78 is 6.67. The Bertz CT molecular complexity index is 1130. The number of carbonyl (C=O) groups excluding carboxylic acids is 2. The van der Waals surface area contributed by atoms with Crippen LogP contribution in [0.2, 0.25) is 0 Å². The van der Waals surface area contributed by atoms with E-state index >= 15 is 0 Å². The Labute approximate surface area is 168 Å². The summed E-state index contributed by atoms with van der Waals surface area (Å²) in [6.45, 7) is 5.11. The molecule has 0 radical (unpaired) electrons. The van der Waals surface area contributed by atoms with Gasteiger partial charge in [0, 0.05) is 23.4 Å². The van der Waals surface area contributed by atoms with E-state index in [2.05, 4.69) is 10.4 Å². The molecule has 0 saturated carbocycles. The van der Waals surface area contributed by atoms with Gasteiger partial charge in [0.1, 0.15) is 0 Å². The van der Waals surface area contributed by atoms with Gasteiger partial charge in [-0.05, 0) is 56.2 Å². The highest BCUT2D eigenvalue weighted by Gasteiger charge is 2.09. The van der Waals surface area contributed by atoms with Crippen LogP contribution in [-0.2, 0) is 4.79 Å². The van der Waals surface area contributed by atoms with Gasteiger partial charge in [-0.3, -0.25) is 14.4 Å². The number of ketones is 1. The minimum atomic E-state index is -0.406. The number of benzene rings is 2. The summed E-state index contributed by atoms with van der Waals surface area (Å²) in [5, 5.41) is 6.85. The largest absolute Gasteiger partial charge is 0.467 e. The number of nitrogens with zero attached hydrogens (tertiary/aromatic N) is 2. The van der Waals surface area contributed by atoms with Gasteiger partial charge in [0.25, 0.3) is 11.5 Å². The molecule has 29 heavy (non-hydrogen) atoms. The molecule has 1 amide bonds. The molecular formula is C22H21N3O4. The molecule has 1 N–H and O–H groups in total. The Hall–Kier alpha value is -3.74. The second kappa shape index (κ2) is 8.52. The van der Waals surface area contributed by atoms with E-state index in [0.717, 1.165) is 11.1 Å². The zero-order valence-electron chi connectivity index (χ0n) is 16.4. The van der Waals surface area contributed by atoms with Crippen LogP contribution in [0.5, 0.6) is 5.88 Å². The highest BCUT2D eigenvalue weighted by molar-refractivity contribution is 5.97. The van der Waals surface area contributed by atoms with Crippen LogP contribution < -0.4 is 15.6 Å². The molecule has 1 heterocycles. The van der Waals surface area contributed by atoms with E-state index in [4.69, 9.17) is 4.74 Å². The van der Waals surface area contributed by atoms with Crippen molar-refractivity contribution in [2.75, 3.05) is 11.9 Å². The Morgan fingerprint density at radius 2 is 1.83 bits per heavy atom. The maximum Gasteiger partial charge on any atom is 0.271 e. The lowest BCUT2D eigenvalue weighted by atomic mass is 10.1. The van der Waals surface area contributed by atoms with Crippen molar-refractivity contribution in [2.24, 2.45) is 0 Å². The topological polar surface area (TPSA) is 90.3 Å². The number of hydrogen-bond donors (Lipinski definition) is 1. The molecule has 7 heteroatoms. The molecule has 0 atom stereocenters. The smallest absolute Gasteiger partial charge is 0.271 e. The average Bonchev–Trinajstić information content (AvgIpc) is 2.69. The zero-order chi connectivity index (χ0) is 21.0. The fourth-order valence-corrected chi connectivity index (χ4v) is 2.67. The molecule has 0 fully saturated rings. The van der Waals surface area contributed by atoms with E-state index in [1.165, 1.54) is 23.7 Å². The number of anilines is 1. The van der Waals surface area contributed by atoms with E-state index in [1.54, 1.807) is 30.3 Å². The molecule has 2 aromatic carbocycles. The summed E-state index contributed by atoms with van der Waals surface area (Å²) in [5.74, 6) is -0.345. The highest BCUT2D eigenvalue weighted by Crippen LogP contribution is 2.14. The van der Waals surface area contributed by atoms with Gasteiger partial charge in [-0.1, -0.05) is 18.2 Å². The summed E-state index contributed by atoms with van der Waals surface area (Å²) in [6, 6.07) is 15.0. The first-order chi connectivity index (χ1) is 13.8. The van der Waals surface area contributed by atoms with Crippen LogP contribution in [0.3, 0.4) is 0 Å². The molecule has 0 spiro atoms. The van der Waals surface area contributed by atoms with Gasteiger partial charge in [0.05, 0.1) is 5.69 Å². The van der Waals surface area contributed by atoms with E-state index < -0.39 is 5.91 Å². The second-order valence-electron chi connectivity index (χ2n) is 6.66. The van der Waals surface area contributed by atoms with E-state index in [9.17, 15) is 14.4 Å². The molecule has 0 aliphatic heterocycles. The minimum Gasteiger partial charge on any atom is -0.467 e. The fourth-order valence-electron chi connectivity index (χ4n) is 2.67. The fraction of sp³-hybridized carbons (Fsp3) is 0.182. The molecule has 0 aliphatic rings. The third-order valence-corrected chi connectivity index (χ3v) is 4.41. The first kappa shape index (κ1) is 20.0. The van der Waals surface area contributed by atoms with Crippen molar-refractivity contribution in [1.82, 2.24) is 9.78 Å². The van der Waals surface area contributed by atoms with Crippen molar-refractivity contribution in [1.29, 1.82) is 0 Å². The van der Waals surface area contributed by atoms with Crippen LogP contribution in [0, 0.1) is 13.8 Å². The van der Waals surface area contributed by atoms with Crippen molar-refractivity contribution in [3.05, 3.63) is 81.6 Å². The molecule has 7 nitrogen and oxygen atoms in total. The molecule has 1 aromatic heterocycles. The first-order valence-corrected chi connectivity index (χ1v) is 9.05. The van der Waals surface area contributed by atoms with Gasteiger partial charge in [-0.25, -0.2) is 0 Å². The van der Waals surface area contributed by atoms with Crippen molar-refractivity contribution >= 4 is 17.4 Å². The predicted molar refractivity (Wildman–Crippen MR) is 110 cm³/mol. The van der Waals surface area contributed by atoms with Gasteiger partial charge >= 0.3 is 0 Å². The van der Waals surface area contributed by atoms with Gasteiger partial charge in [0.15, 0.2) is 12.4 Å². The van der Waals surface area contributed by atoms with Gasteiger partial charge in [0.2, 0.25) is 5.88 Å². The first-order valence-electron chi connectivity index (χ1n) is 9.05. The normalized spacial score (nSPS) is 10.4. The lowest BCUT2D eigenvalue weighted by Crippen LogP contribution is -2.24. The number of nitrogens with one attached hydrogen (secondary N) is 1. The van der Waals surface area contributed by atoms with E-state index in [-0.39, 0.29) is 23.8 Å². The number of carbonyl (C=O) groups is 2. The maximum absolute atomic E-state index is 12.2. The molecular weight excluding hydrogens is 370 g/mol. The van der Waals surface area contributed by atoms with Gasteiger partial charge < -0.3 is 10.1 Å². The second-order valence-corrected chi connectivity index (χ2v) is 6.66. The minimum absolute atomic E-state index is 0.0878. The summed E-state index contributed by atoms with van der Waals surface area (Å²) in [4.78, 5) is 35.8. The van der Waals surface area contributed by atoms with Crippen LogP contribution in [-0.4, -0.2) is 28.1 Å². The Morgan fingerprint density at radius 3 is 2.55 bits per heavy atom. The van der Waals surface area contributed by atoms with Crippen molar-refractivity contribution in [3.63, 3.8) is 0 Å². The summed E-state index contributed by atoms with van der Waals surface area (Å²) in [5.41, 5.74) is 3.47. The van der Waals surface area contributed by atoms with E-state index in [0.29, 0.717) is 16.9 Å². The molecule has 0 bridgehead atoms. The van der Waals surface area contributed by atoms with E-state index in [1.807, 2.05) is 26.0 Å². The molecule has 0 aliphatic carbocycles. The van der Waals surface area contributed by atoms with Crippen LogP contribution in [0.4, 0.5) is 5.69 Å². The molecule has 148 valence electrons. The Balaban J connectivity index is 1.70.